The number of hydrogen-bond donors (Lipinski definition) is 0. The standard InChI is InChI=1S/C21H41NO4/c1-6-7-10-13-18(2)14-11-8-9-12-15-21(25)26-19(16-20(23)24)17-22(3,4)5/h18-19H,6-17H2,1-5H3. The lowest BCUT2D eigenvalue weighted by atomic mass is 9.96. The van der Waals surface area contributed by atoms with Crippen molar-refractivity contribution in [2.75, 3.05) is 27.7 Å². The number of unbranched alkanes of at least 4 members (excludes halogenated alkanes) is 5. The van der Waals surface area contributed by atoms with Gasteiger partial charge in [-0.15, -0.1) is 0 Å². The van der Waals surface area contributed by atoms with Crippen molar-refractivity contribution in [2.45, 2.75) is 90.6 Å². The van der Waals surface area contributed by atoms with E-state index in [1.165, 1.54) is 38.5 Å². The molecule has 0 rings (SSSR count). The summed E-state index contributed by atoms with van der Waals surface area (Å²) < 4.78 is 5.90. The van der Waals surface area contributed by atoms with Crippen molar-refractivity contribution in [3.63, 3.8) is 0 Å². The summed E-state index contributed by atoms with van der Waals surface area (Å²) in [4.78, 5) is 22.8. The molecule has 0 saturated carbocycles. The van der Waals surface area contributed by atoms with Crippen LogP contribution in [0.5, 0.6) is 0 Å². The van der Waals surface area contributed by atoms with Crippen LogP contribution in [0.4, 0.5) is 0 Å². The van der Waals surface area contributed by atoms with Crippen LogP contribution >= 0.6 is 0 Å². The SMILES string of the molecule is CCCCCC(C)CCCCCCC(=O)OC(CC(=O)[O-])C[N+](C)(C)C. The quantitative estimate of drug-likeness (QED) is 0.237. The molecule has 0 aromatic carbocycles. The van der Waals surface area contributed by atoms with E-state index in [4.69, 9.17) is 4.74 Å². The predicted octanol–water partition coefficient (Wildman–Crippen LogP) is 3.30. The molecule has 0 aliphatic rings. The lowest BCUT2D eigenvalue weighted by Crippen LogP contribution is -2.45. The van der Waals surface area contributed by atoms with Gasteiger partial charge in [-0.05, 0) is 12.3 Å². The zero-order valence-corrected chi connectivity index (χ0v) is 17.7. The van der Waals surface area contributed by atoms with Gasteiger partial charge in [0.05, 0.1) is 21.1 Å². The van der Waals surface area contributed by atoms with E-state index < -0.39 is 12.1 Å². The monoisotopic (exact) mass is 371 g/mol. The van der Waals surface area contributed by atoms with E-state index in [0.29, 0.717) is 17.4 Å². The number of esters is 1. The number of carboxylic acids is 1. The second kappa shape index (κ2) is 14.0. The maximum absolute atomic E-state index is 12.0. The Hall–Kier alpha value is -1.10. The highest BCUT2D eigenvalue weighted by Crippen LogP contribution is 2.17. The largest absolute Gasteiger partial charge is 0.550 e. The number of carbonyl (C=O) groups excluding carboxylic acids is 2. The summed E-state index contributed by atoms with van der Waals surface area (Å²) in [7, 11) is 5.83. The molecule has 0 aromatic rings. The summed E-state index contributed by atoms with van der Waals surface area (Å²) in [6.45, 7) is 5.03. The van der Waals surface area contributed by atoms with Crippen LogP contribution < -0.4 is 5.11 Å². The molecule has 5 nitrogen and oxygen atoms in total. The lowest BCUT2D eigenvalue weighted by Gasteiger charge is -2.29. The molecule has 0 fully saturated rings. The molecule has 0 bridgehead atoms. The Kier molecular flexibility index (Phi) is 13.4. The molecule has 0 aliphatic carbocycles. The number of rotatable bonds is 16. The van der Waals surface area contributed by atoms with E-state index in [2.05, 4.69) is 13.8 Å². The average Bonchev–Trinajstić information content (AvgIpc) is 2.48. The molecular formula is C21H41NO4. The Morgan fingerprint density at radius 2 is 1.54 bits per heavy atom. The first kappa shape index (κ1) is 24.9. The van der Waals surface area contributed by atoms with Gasteiger partial charge in [0, 0.05) is 18.8 Å². The molecule has 2 unspecified atom stereocenters. The Bertz CT molecular complexity index is 390. The van der Waals surface area contributed by atoms with Crippen molar-refractivity contribution in [2.24, 2.45) is 5.92 Å². The molecule has 0 aliphatic heterocycles. The molecular weight excluding hydrogens is 330 g/mol. The van der Waals surface area contributed by atoms with Crippen molar-refractivity contribution in [1.29, 1.82) is 0 Å². The van der Waals surface area contributed by atoms with Crippen molar-refractivity contribution in [3.8, 4) is 0 Å². The van der Waals surface area contributed by atoms with Crippen LogP contribution in [0.2, 0.25) is 0 Å². The van der Waals surface area contributed by atoms with Gasteiger partial charge >= 0.3 is 5.97 Å². The summed E-state index contributed by atoms with van der Waals surface area (Å²) in [5, 5.41) is 10.8. The minimum atomic E-state index is -1.18. The van der Waals surface area contributed by atoms with Crippen LogP contribution in [0.15, 0.2) is 0 Å². The van der Waals surface area contributed by atoms with Crippen molar-refractivity contribution >= 4 is 11.9 Å². The molecule has 0 N–H and O–H groups in total. The van der Waals surface area contributed by atoms with Gasteiger partial charge in [0.1, 0.15) is 6.54 Å². The number of nitrogens with zero attached hydrogens (tertiary/aromatic N) is 1. The highest BCUT2D eigenvalue weighted by atomic mass is 16.5. The van der Waals surface area contributed by atoms with Crippen LogP contribution in [-0.2, 0) is 14.3 Å². The smallest absolute Gasteiger partial charge is 0.306 e. The molecule has 26 heavy (non-hydrogen) atoms. The van der Waals surface area contributed by atoms with E-state index in [1.807, 2.05) is 21.1 Å². The van der Waals surface area contributed by atoms with E-state index in [-0.39, 0.29) is 12.4 Å². The van der Waals surface area contributed by atoms with Gasteiger partial charge in [-0.2, -0.15) is 0 Å². The van der Waals surface area contributed by atoms with Crippen LogP contribution in [0, 0.1) is 5.92 Å². The third-order valence-corrected chi connectivity index (χ3v) is 4.57. The highest BCUT2D eigenvalue weighted by molar-refractivity contribution is 5.70. The van der Waals surface area contributed by atoms with Crippen molar-refractivity contribution in [3.05, 3.63) is 0 Å². The third kappa shape index (κ3) is 16.4. The molecule has 0 amide bonds. The van der Waals surface area contributed by atoms with E-state index in [9.17, 15) is 14.7 Å². The summed E-state index contributed by atoms with van der Waals surface area (Å²) in [6, 6.07) is 0. The Balaban J connectivity index is 3.87. The Morgan fingerprint density at radius 3 is 2.08 bits per heavy atom. The number of carboxylic acid groups (broad SMARTS) is 1. The van der Waals surface area contributed by atoms with E-state index in [0.717, 1.165) is 25.2 Å². The Labute approximate surface area is 160 Å². The molecule has 154 valence electrons. The van der Waals surface area contributed by atoms with Gasteiger partial charge in [-0.3, -0.25) is 4.79 Å². The summed E-state index contributed by atoms with van der Waals surface area (Å²) in [6.07, 6.45) is 10.3. The van der Waals surface area contributed by atoms with Crippen LogP contribution in [0.1, 0.15) is 84.5 Å². The number of aliphatic carboxylic acids is 1. The van der Waals surface area contributed by atoms with Gasteiger partial charge in [0.25, 0.3) is 0 Å². The topological polar surface area (TPSA) is 66.4 Å². The number of ether oxygens (including phenoxy) is 1. The van der Waals surface area contributed by atoms with Gasteiger partial charge in [0.2, 0.25) is 0 Å². The molecule has 0 saturated heterocycles. The second-order valence-corrected chi connectivity index (χ2v) is 8.71. The zero-order valence-electron chi connectivity index (χ0n) is 17.7. The van der Waals surface area contributed by atoms with Crippen molar-refractivity contribution in [1.82, 2.24) is 0 Å². The Morgan fingerprint density at radius 1 is 0.962 bits per heavy atom. The molecule has 0 aromatic heterocycles. The van der Waals surface area contributed by atoms with Gasteiger partial charge in [-0.1, -0.05) is 65.2 Å². The maximum atomic E-state index is 12.0. The average molecular weight is 372 g/mol. The maximum Gasteiger partial charge on any atom is 0.306 e. The lowest BCUT2D eigenvalue weighted by molar-refractivity contribution is -0.873. The van der Waals surface area contributed by atoms with Gasteiger partial charge < -0.3 is 19.1 Å². The highest BCUT2D eigenvalue weighted by Gasteiger charge is 2.22. The van der Waals surface area contributed by atoms with Crippen molar-refractivity contribution < 1.29 is 23.9 Å². The first-order chi connectivity index (χ1) is 12.1. The molecule has 0 heterocycles. The second-order valence-electron chi connectivity index (χ2n) is 8.71. The minimum Gasteiger partial charge on any atom is -0.550 e. The summed E-state index contributed by atoms with van der Waals surface area (Å²) in [5.74, 6) is -0.672. The first-order valence-electron chi connectivity index (χ1n) is 10.3. The summed E-state index contributed by atoms with van der Waals surface area (Å²) >= 11 is 0. The zero-order chi connectivity index (χ0) is 20.0. The van der Waals surface area contributed by atoms with E-state index in [1.54, 1.807) is 0 Å². The van der Waals surface area contributed by atoms with E-state index >= 15 is 0 Å². The third-order valence-electron chi connectivity index (χ3n) is 4.57. The van der Waals surface area contributed by atoms with Gasteiger partial charge in [0.15, 0.2) is 6.10 Å². The van der Waals surface area contributed by atoms with Crippen LogP contribution in [0.3, 0.4) is 0 Å². The fourth-order valence-electron chi connectivity index (χ4n) is 3.19. The van der Waals surface area contributed by atoms with Crippen LogP contribution in [-0.4, -0.2) is 50.2 Å². The fourth-order valence-corrected chi connectivity index (χ4v) is 3.19. The number of likely N-dealkylation sites (N-methyl/N-ethyl adjacent to an activating group) is 1. The summed E-state index contributed by atoms with van der Waals surface area (Å²) in [5.41, 5.74) is 0. The predicted molar refractivity (Wildman–Crippen MR) is 103 cm³/mol. The normalized spacial score (nSPS) is 14.0. The molecule has 5 heteroatoms. The minimum absolute atomic E-state index is 0.239. The molecule has 0 radical (unpaired) electrons. The van der Waals surface area contributed by atoms with Gasteiger partial charge in [-0.25, -0.2) is 0 Å². The number of quaternary nitrogens is 1. The number of hydrogen-bond acceptors (Lipinski definition) is 4. The molecule has 2 atom stereocenters. The van der Waals surface area contributed by atoms with Crippen LogP contribution in [0.25, 0.3) is 0 Å². The fraction of sp³-hybridized carbons (Fsp3) is 0.905. The molecule has 0 spiro atoms. The first-order valence-corrected chi connectivity index (χ1v) is 10.3. The number of carbonyl (C=O) groups is 2.